The molecule has 1 heterocycles. The molecule has 108 valence electrons. The summed E-state index contributed by atoms with van der Waals surface area (Å²) in [5.74, 6) is 0.900. The average molecular weight is 354 g/mol. The normalized spacial score (nSPS) is 12.4. The predicted molar refractivity (Wildman–Crippen MR) is 90.0 cm³/mol. The number of aryl methyl sites for hydroxylation is 2. The Morgan fingerprint density at radius 1 is 1.30 bits per heavy atom. The van der Waals surface area contributed by atoms with Crippen LogP contribution in [0, 0.1) is 13.8 Å². The molecule has 0 radical (unpaired) electrons. The van der Waals surface area contributed by atoms with E-state index < -0.39 is 0 Å². The first-order valence-electron chi connectivity index (χ1n) is 6.61. The smallest absolute Gasteiger partial charge is 0.119 e. The third kappa shape index (κ3) is 3.43. The number of ether oxygens (including phenoxy) is 1. The first-order valence-corrected chi connectivity index (χ1v) is 8.22. The molecule has 0 aliphatic carbocycles. The first kappa shape index (κ1) is 15.5. The SMILES string of the molecule is CNC(Cc1cc(OC)ccc1Br)c1cc(C)c(C)s1. The van der Waals surface area contributed by atoms with Crippen molar-refractivity contribution >= 4 is 27.3 Å². The van der Waals surface area contributed by atoms with Gasteiger partial charge >= 0.3 is 0 Å². The molecule has 0 aliphatic rings. The average Bonchev–Trinajstić information content (AvgIpc) is 2.77. The molecule has 1 aromatic heterocycles. The number of thiophene rings is 1. The van der Waals surface area contributed by atoms with Crippen molar-refractivity contribution in [3.63, 3.8) is 0 Å². The zero-order valence-corrected chi connectivity index (χ0v) is 14.7. The Bertz CT molecular complexity index is 575. The Kier molecular flexibility index (Phi) is 5.24. The van der Waals surface area contributed by atoms with Crippen molar-refractivity contribution in [2.24, 2.45) is 0 Å². The number of hydrogen-bond donors (Lipinski definition) is 1. The molecule has 2 aromatic rings. The van der Waals surface area contributed by atoms with E-state index in [2.05, 4.69) is 47.2 Å². The Morgan fingerprint density at radius 2 is 2.05 bits per heavy atom. The molecule has 0 bridgehead atoms. The van der Waals surface area contributed by atoms with E-state index in [1.54, 1.807) is 7.11 Å². The van der Waals surface area contributed by atoms with Gasteiger partial charge in [-0.25, -0.2) is 0 Å². The molecule has 1 N–H and O–H groups in total. The topological polar surface area (TPSA) is 21.3 Å². The van der Waals surface area contributed by atoms with Crippen molar-refractivity contribution in [2.75, 3.05) is 14.2 Å². The largest absolute Gasteiger partial charge is 0.497 e. The molecule has 0 saturated heterocycles. The lowest BCUT2D eigenvalue weighted by atomic mass is 10.0. The van der Waals surface area contributed by atoms with Gasteiger partial charge in [-0.15, -0.1) is 11.3 Å². The van der Waals surface area contributed by atoms with Gasteiger partial charge in [-0.05, 0) is 62.7 Å². The second-order valence-electron chi connectivity index (χ2n) is 4.89. The second kappa shape index (κ2) is 6.74. The number of benzene rings is 1. The summed E-state index contributed by atoms with van der Waals surface area (Å²) in [5, 5.41) is 3.42. The van der Waals surface area contributed by atoms with Gasteiger partial charge in [0.25, 0.3) is 0 Å². The maximum atomic E-state index is 5.32. The molecule has 0 aliphatic heterocycles. The van der Waals surface area contributed by atoms with Crippen molar-refractivity contribution in [3.8, 4) is 5.75 Å². The Labute approximate surface area is 133 Å². The molecule has 2 rings (SSSR count). The lowest BCUT2D eigenvalue weighted by molar-refractivity contribution is 0.414. The molecule has 1 unspecified atom stereocenters. The van der Waals surface area contributed by atoms with Crippen molar-refractivity contribution in [3.05, 3.63) is 49.6 Å². The lowest BCUT2D eigenvalue weighted by Crippen LogP contribution is -2.18. The molecule has 20 heavy (non-hydrogen) atoms. The van der Waals surface area contributed by atoms with Crippen LogP contribution in [0.5, 0.6) is 5.75 Å². The zero-order valence-electron chi connectivity index (χ0n) is 12.3. The van der Waals surface area contributed by atoms with Gasteiger partial charge in [-0.3, -0.25) is 0 Å². The maximum Gasteiger partial charge on any atom is 0.119 e. The lowest BCUT2D eigenvalue weighted by Gasteiger charge is -2.16. The number of methoxy groups -OCH3 is 1. The summed E-state index contributed by atoms with van der Waals surface area (Å²) in [4.78, 5) is 2.78. The van der Waals surface area contributed by atoms with E-state index in [1.165, 1.54) is 20.9 Å². The van der Waals surface area contributed by atoms with Crippen LogP contribution in [-0.2, 0) is 6.42 Å². The fourth-order valence-electron chi connectivity index (χ4n) is 2.17. The predicted octanol–water partition coefficient (Wildman–Crippen LogP) is 4.64. The van der Waals surface area contributed by atoms with Crippen LogP contribution in [0.25, 0.3) is 0 Å². The number of halogens is 1. The van der Waals surface area contributed by atoms with Gasteiger partial charge in [0.05, 0.1) is 7.11 Å². The van der Waals surface area contributed by atoms with Crippen LogP contribution in [0.2, 0.25) is 0 Å². The number of rotatable bonds is 5. The summed E-state index contributed by atoms with van der Waals surface area (Å²) in [6, 6.07) is 8.74. The molecular weight excluding hydrogens is 334 g/mol. The molecule has 4 heteroatoms. The zero-order chi connectivity index (χ0) is 14.7. The van der Waals surface area contributed by atoms with Gasteiger partial charge in [0.15, 0.2) is 0 Å². The third-order valence-corrected chi connectivity index (χ3v) is 5.59. The standard InChI is InChI=1S/C16H20BrNOS/c1-10-7-16(20-11(10)2)15(18-3)9-12-8-13(19-4)5-6-14(12)17/h5-8,15,18H,9H2,1-4H3. The van der Waals surface area contributed by atoms with Gasteiger partial charge in [0.2, 0.25) is 0 Å². The van der Waals surface area contributed by atoms with E-state index in [1.807, 2.05) is 30.5 Å². The molecule has 0 fully saturated rings. The quantitative estimate of drug-likeness (QED) is 0.845. The molecule has 1 aromatic carbocycles. The highest BCUT2D eigenvalue weighted by atomic mass is 79.9. The van der Waals surface area contributed by atoms with Crippen LogP contribution in [0.15, 0.2) is 28.7 Å². The molecule has 0 amide bonds. The molecule has 0 saturated carbocycles. The number of likely N-dealkylation sites (N-methyl/N-ethyl adjacent to an activating group) is 1. The van der Waals surface area contributed by atoms with Crippen molar-refractivity contribution in [1.29, 1.82) is 0 Å². The highest BCUT2D eigenvalue weighted by molar-refractivity contribution is 9.10. The third-order valence-electron chi connectivity index (χ3n) is 3.55. The Hall–Kier alpha value is -0.840. The van der Waals surface area contributed by atoms with E-state index in [0.717, 1.165) is 16.6 Å². The van der Waals surface area contributed by atoms with E-state index in [-0.39, 0.29) is 0 Å². The molecule has 2 nitrogen and oxygen atoms in total. The minimum absolute atomic E-state index is 0.329. The van der Waals surface area contributed by atoms with Crippen LogP contribution in [0.4, 0.5) is 0 Å². The Morgan fingerprint density at radius 3 is 2.60 bits per heavy atom. The van der Waals surface area contributed by atoms with Gasteiger partial charge < -0.3 is 10.1 Å². The first-order chi connectivity index (χ1) is 9.55. The fraction of sp³-hybridized carbons (Fsp3) is 0.375. The number of hydrogen-bond acceptors (Lipinski definition) is 3. The van der Waals surface area contributed by atoms with Gasteiger partial charge in [0, 0.05) is 20.3 Å². The van der Waals surface area contributed by atoms with Crippen molar-refractivity contribution in [2.45, 2.75) is 26.3 Å². The van der Waals surface area contributed by atoms with E-state index in [4.69, 9.17) is 4.74 Å². The fourth-order valence-corrected chi connectivity index (χ4v) is 3.73. The molecule has 1 atom stereocenters. The minimum Gasteiger partial charge on any atom is -0.497 e. The highest BCUT2D eigenvalue weighted by Gasteiger charge is 2.15. The monoisotopic (exact) mass is 353 g/mol. The van der Waals surface area contributed by atoms with Gasteiger partial charge in [0.1, 0.15) is 5.75 Å². The molecule has 0 spiro atoms. The van der Waals surface area contributed by atoms with E-state index >= 15 is 0 Å². The Balaban J connectivity index is 2.26. The summed E-state index contributed by atoms with van der Waals surface area (Å²) >= 11 is 5.50. The van der Waals surface area contributed by atoms with Gasteiger partial charge in [-0.1, -0.05) is 15.9 Å². The van der Waals surface area contributed by atoms with Gasteiger partial charge in [-0.2, -0.15) is 0 Å². The highest BCUT2D eigenvalue weighted by Crippen LogP contribution is 2.31. The second-order valence-corrected chi connectivity index (χ2v) is 7.03. The van der Waals surface area contributed by atoms with Crippen LogP contribution in [0.3, 0.4) is 0 Å². The van der Waals surface area contributed by atoms with Crippen LogP contribution in [0.1, 0.15) is 26.9 Å². The minimum atomic E-state index is 0.329. The van der Waals surface area contributed by atoms with Crippen LogP contribution < -0.4 is 10.1 Å². The number of nitrogens with one attached hydrogen (secondary N) is 1. The summed E-state index contributed by atoms with van der Waals surface area (Å²) < 4.78 is 6.44. The summed E-state index contributed by atoms with van der Waals surface area (Å²) in [7, 11) is 3.72. The maximum absolute atomic E-state index is 5.32. The summed E-state index contributed by atoms with van der Waals surface area (Å²) in [6.07, 6.45) is 0.938. The van der Waals surface area contributed by atoms with E-state index in [9.17, 15) is 0 Å². The van der Waals surface area contributed by atoms with Crippen LogP contribution >= 0.6 is 27.3 Å². The van der Waals surface area contributed by atoms with Crippen molar-refractivity contribution < 1.29 is 4.74 Å². The summed E-state index contributed by atoms with van der Waals surface area (Å²) in [6.45, 7) is 4.35. The van der Waals surface area contributed by atoms with Crippen molar-refractivity contribution in [1.82, 2.24) is 5.32 Å². The summed E-state index contributed by atoms with van der Waals surface area (Å²) in [5.41, 5.74) is 2.63. The van der Waals surface area contributed by atoms with E-state index in [0.29, 0.717) is 6.04 Å². The van der Waals surface area contributed by atoms with Crippen LogP contribution in [-0.4, -0.2) is 14.2 Å². The molecular formula is C16H20BrNOS.